The lowest BCUT2D eigenvalue weighted by atomic mass is 10.3. The molecule has 0 aliphatic carbocycles. The molecule has 23 heavy (non-hydrogen) atoms. The number of anilines is 1. The van der Waals surface area contributed by atoms with E-state index in [4.69, 9.17) is 0 Å². The Labute approximate surface area is 138 Å². The Morgan fingerprint density at radius 1 is 1.30 bits per heavy atom. The highest BCUT2D eigenvalue weighted by atomic mass is 32.2. The first-order valence-corrected chi connectivity index (χ1v) is 8.26. The zero-order chi connectivity index (χ0) is 17.0. The van der Waals surface area contributed by atoms with Gasteiger partial charge in [-0.3, -0.25) is 4.79 Å². The molecule has 0 fully saturated rings. The summed E-state index contributed by atoms with van der Waals surface area (Å²) in [6.07, 6.45) is 2.53. The quantitative estimate of drug-likeness (QED) is 0.800. The van der Waals surface area contributed by atoms with Crippen LogP contribution in [0.25, 0.3) is 0 Å². The molecular formula is C16H19F2N3OS. The highest BCUT2D eigenvalue weighted by molar-refractivity contribution is 8.00. The fraction of sp³-hybridized carbons (Fsp3) is 0.375. The first-order valence-electron chi connectivity index (χ1n) is 7.38. The van der Waals surface area contributed by atoms with Crippen molar-refractivity contribution in [2.45, 2.75) is 43.4 Å². The Balaban J connectivity index is 2.03. The summed E-state index contributed by atoms with van der Waals surface area (Å²) in [6.45, 7) is 5.77. The maximum atomic E-state index is 13.2. The molecule has 0 aliphatic rings. The molecule has 4 nitrogen and oxygen atoms in total. The van der Waals surface area contributed by atoms with Crippen molar-refractivity contribution in [3.8, 4) is 0 Å². The fourth-order valence-electron chi connectivity index (χ4n) is 1.97. The molecule has 1 heterocycles. The van der Waals surface area contributed by atoms with Gasteiger partial charge in [0, 0.05) is 11.0 Å². The van der Waals surface area contributed by atoms with Crippen LogP contribution in [-0.4, -0.2) is 20.9 Å². The Morgan fingerprint density at radius 3 is 2.70 bits per heavy atom. The van der Waals surface area contributed by atoms with Gasteiger partial charge >= 0.3 is 0 Å². The van der Waals surface area contributed by atoms with Crippen LogP contribution in [-0.2, 0) is 4.79 Å². The van der Waals surface area contributed by atoms with E-state index < -0.39 is 16.9 Å². The number of carbonyl (C=O) groups is 1. The summed E-state index contributed by atoms with van der Waals surface area (Å²) in [4.78, 5) is 12.8. The number of nitrogens with zero attached hydrogens (tertiary/aromatic N) is 2. The van der Waals surface area contributed by atoms with Crippen LogP contribution in [0.1, 0.15) is 33.2 Å². The number of rotatable bonds is 6. The van der Waals surface area contributed by atoms with Gasteiger partial charge in [0.1, 0.15) is 5.82 Å². The average molecular weight is 339 g/mol. The van der Waals surface area contributed by atoms with Crippen LogP contribution >= 0.6 is 11.8 Å². The third kappa shape index (κ3) is 4.31. The molecule has 0 radical (unpaired) electrons. The van der Waals surface area contributed by atoms with E-state index in [0.29, 0.717) is 10.7 Å². The number of carbonyl (C=O) groups excluding carboxylic acids is 1. The molecule has 0 bridgehead atoms. The lowest BCUT2D eigenvalue weighted by molar-refractivity contribution is -0.115. The summed E-state index contributed by atoms with van der Waals surface area (Å²) in [5, 5.41) is 6.57. The minimum Gasteiger partial charge on any atom is -0.310 e. The summed E-state index contributed by atoms with van der Waals surface area (Å²) in [5.41, 5.74) is 0. The highest BCUT2D eigenvalue weighted by Gasteiger charge is 2.18. The number of aromatic nitrogens is 2. The number of hydrogen-bond donors (Lipinski definition) is 1. The molecule has 124 valence electrons. The molecule has 2 aromatic rings. The van der Waals surface area contributed by atoms with Gasteiger partial charge in [-0.2, -0.15) is 5.10 Å². The number of thioether (sulfide) groups is 1. The monoisotopic (exact) mass is 339 g/mol. The van der Waals surface area contributed by atoms with E-state index in [1.807, 2.05) is 13.8 Å². The smallest absolute Gasteiger partial charge is 0.238 e. The van der Waals surface area contributed by atoms with Gasteiger partial charge in [-0.15, -0.1) is 11.8 Å². The van der Waals surface area contributed by atoms with E-state index in [-0.39, 0.29) is 11.9 Å². The van der Waals surface area contributed by atoms with Crippen molar-refractivity contribution < 1.29 is 13.6 Å². The van der Waals surface area contributed by atoms with Gasteiger partial charge in [0.15, 0.2) is 11.6 Å². The number of hydrogen-bond acceptors (Lipinski definition) is 3. The first-order chi connectivity index (χ1) is 10.9. The topological polar surface area (TPSA) is 46.9 Å². The van der Waals surface area contributed by atoms with E-state index in [9.17, 15) is 13.6 Å². The van der Waals surface area contributed by atoms with Gasteiger partial charge in [-0.25, -0.2) is 13.5 Å². The second-order valence-electron chi connectivity index (χ2n) is 5.24. The van der Waals surface area contributed by atoms with Crippen molar-refractivity contribution in [1.29, 1.82) is 0 Å². The lowest BCUT2D eigenvalue weighted by Gasteiger charge is -2.16. The third-order valence-electron chi connectivity index (χ3n) is 3.50. The number of nitrogens with one attached hydrogen (secondary N) is 1. The molecule has 7 heteroatoms. The Hall–Kier alpha value is -1.89. The van der Waals surface area contributed by atoms with Crippen LogP contribution in [0, 0.1) is 11.6 Å². The summed E-state index contributed by atoms with van der Waals surface area (Å²) in [7, 11) is 0. The minimum atomic E-state index is -0.919. The first kappa shape index (κ1) is 17.5. The molecule has 1 aromatic carbocycles. The molecular weight excluding hydrogens is 320 g/mol. The SMILES string of the molecule is CC[C@H](C)n1nccc1NC(=O)[C@@H](C)Sc1ccc(F)c(F)c1. The van der Waals surface area contributed by atoms with Crippen LogP contribution in [0.4, 0.5) is 14.6 Å². The van der Waals surface area contributed by atoms with Gasteiger partial charge in [0.2, 0.25) is 5.91 Å². The van der Waals surface area contributed by atoms with Gasteiger partial charge in [-0.1, -0.05) is 6.92 Å². The van der Waals surface area contributed by atoms with E-state index >= 15 is 0 Å². The average Bonchev–Trinajstić information content (AvgIpc) is 2.98. The van der Waals surface area contributed by atoms with E-state index in [2.05, 4.69) is 10.4 Å². The van der Waals surface area contributed by atoms with Crippen molar-refractivity contribution in [1.82, 2.24) is 9.78 Å². The molecule has 0 saturated carbocycles. The summed E-state index contributed by atoms with van der Waals surface area (Å²) >= 11 is 1.17. The molecule has 1 N–H and O–H groups in total. The number of amides is 1. The lowest BCUT2D eigenvalue weighted by Crippen LogP contribution is -2.24. The standard InChI is InChI=1S/C16H19F2N3OS/c1-4-10(2)21-15(7-8-19-21)20-16(22)11(3)23-12-5-6-13(17)14(18)9-12/h5-11H,4H2,1-3H3,(H,20,22)/t10-,11+/m0/s1. The maximum absolute atomic E-state index is 13.2. The van der Waals surface area contributed by atoms with Gasteiger partial charge in [0.05, 0.1) is 17.5 Å². The zero-order valence-corrected chi connectivity index (χ0v) is 14.0. The Kier molecular flexibility index (Phi) is 5.76. The van der Waals surface area contributed by atoms with Gasteiger partial charge in [-0.05, 0) is 38.5 Å². The van der Waals surface area contributed by atoms with Crippen molar-refractivity contribution in [3.63, 3.8) is 0 Å². The van der Waals surface area contributed by atoms with Crippen molar-refractivity contribution in [2.75, 3.05) is 5.32 Å². The minimum absolute atomic E-state index is 0.175. The summed E-state index contributed by atoms with van der Waals surface area (Å²) in [6, 6.07) is 5.51. The number of halogens is 2. The summed E-state index contributed by atoms with van der Waals surface area (Å²) in [5.74, 6) is -1.41. The van der Waals surface area contributed by atoms with Crippen LogP contribution in [0.3, 0.4) is 0 Å². The summed E-state index contributed by atoms with van der Waals surface area (Å²) < 4.78 is 27.9. The van der Waals surface area contributed by atoms with Gasteiger partial charge < -0.3 is 5.32 Å². The van der Waals surface area contributed by atoms with Crippen molar-refractivity contribution in [3.05, 3.63) is 42.1 Å². The molecule has 0 unspecified atom stereocenters. The normalized spacial score (nSPS) is 13.6. The zero-order valence-electron chi connectivity index (χ0n) is 13.2. The van der Waals surface area contributed by atoms with Crippen molar-refractivity contribution >= 4 is 23.5 Å². The number of benzene rings is 1. The molecule has 1 amide bonds. The predicted octanol–water partition coefficient (Wildman–Crippen LogP) is 4.25. The highest BCUT2D eigenvalue weighted by Crippen LogP contribution is 2.26. The van der Waals surface area contributed by atoms with Gasteiger partial charge in [0.25, 0.3) is 0 Å². The van der Waals surface area contributed by atoms with E-state index in [0.717, 1.165) is 18.6 Å². The second-order valence-corrected chi connectivity index (χ2v) is 6.66. The van der Waals surface area contributed by atoms with Crippen LogP contribution in [0.15, 0.2) is 35.4 Å². The van der Waals surface area contributed by atoms with Crippen molar-refractivity contribution in [2.24, 2.45) is 0 Å². The maximum Gasteiger partial charge on any atom is 0.238 e. The molecule has 0 saturated heterocycles. The molecule has 1 aromatic heterocycles. The predicted molar refractivity (Wildman–Crippen MR) is 87.5 cm³/mol. The van der Waals surface area contributed by atoms with E-state index in [1.165, 1.54) is 17.8 Å². The van der Waals surface area contributed by atoms with Crippen LogP contribution < -0.4 is 5.32 Å². The Bertz CT molecular complexity index is 690. The second kappa shape index (κ2) is 7.59. The molecule has 2 rings (SSSR count). The molecule has 0 spiro atoms. The van der Waals surface area contributed by atoms with E-state index in [1.54, 1.807) is 23.9 Å². The third-order valence-corrected chi connectivity index (χ3v) is 4.60. The fourth-order valence-corrected chi connectivity index (χ4v) is 2.87. The Morgan fingerprint density at radius 2 is 2.04 bits per heavy atom. The van der Waals surface area contributed by atoms with Crippen LogP contribution in [0.2, 0.25) is 0 Å². The van der Waals surface area contributed by atoms with Crippen LogP contribution in [0.5, 0.6) is 0 Å². The molecule has 2 atom stereocenters. The molecule has 0 aliphatic heterocycles. The largest absolute Gasteiger partial charge is 0.310 e.